The Labute approximate surface area is 135 Å². The minimum atomic E-state index is -0.0773. The molecule has 0 N–H and O–H groups in total. The summed E-state index contributed by atoms with van der Waals surface area (Å²) in [6.45, 7) is 1.77. The van der Waals surface area contributed by atoms with Crippen molar-refractivity contribution in [2.24, 2.45) is 0 Å². The fraction of sp³-hybridized carbons (Fsp3) is 0.333. The Hall–Kier alpha value is -2.40. The van der Waals surface area contributed by atoms with Gasteiger partial charge in [0.05, 0.1) is 26.7 Å². The Bertz CT molecular complexity index is 643. The highest BCUT2D eigenvalue weighted by atomic mass is 16.5. The molecule has 0 spiro atoms. The first-order valence-corrected chi connectivity index (χ1v) is 7.68. The highest BCUT2D eigenvalue weighted by molar-refractivity contribution is 5.79. The second-order valence-corrected chi connectivity index (χ2v) is 5.50. The number of pyridine rings is 1. The van der Waals surface area contributed by atoms with Gasteiger partial charge in [-0.25, -0.2) is 0 Å². The number of aromatic nitrogens is 1. The normalized spacial score (nSPS) is 17.8. The van der Waals surface area contributed by atoms with E-state index in [-0.39, 0.29) is 12.0 Å². The van der Waals surface area contributed by atoms with Gasteiger partial charge in [-0.3, -0.25) is 9.78 Å². The Morgan fingerprint density at radius 1 is 1.26 bits per heavy atom. The molecule has 1 aromatic carbocycles. The Morgan fingerprint density at radius 3 is 2.70 bits per heavy atom. The number of carbonyl (C=O) groups excluding carboxylic acids is 1. The summed E-state index contributed by atoms with van der Waals surface area (Å²) in [5, 5.41) is 0. The molecule has 0 aliphatic carbocycles. The van der Waals surface area contributed by atoms with Crippen LogP contribution in [0.2, 0.25) is 0 Å². The van der Waals surface area contributed by atoms with Gasteiger partial charge in [-0.1, -0.05) is 12.1 Å². The van der Waals surface area contributed by atoms with Gasteiger partial charge in [0.1, 0.15) is 11.9 Å². The number of carbonyl (C=O) groups is 1. The zero-order chi connectivity index (χ0) is 16.1. The maximum Gasteiger partial charge on any atom is 0.227 e. The Kier molecular flexibility index (Phi) is 4.88. The molecule has 1 atom stereocenters. The van der Waals surface area contributed by atoms with E-state index in [1.54, 1.807) is 19.5 Å². The summed E-state index contributed by atoms with van der Waals surface area (Å²) in [4.78, 5) is 18.4. The van der Waals surface area contributed by atoms with Crippen LogP contribution < -0.4 is 4.74 Å². The molecule has 1 saturated heterocycles. The predicted octanol–water partition coefficient (Wildman–Crippen LogP) is 2.23. The molecule has 23 heavy (non-hydrogen) atoms. The molecule has 1 unspecified atom stereocenters. The maximum atomic E-state index is 12.5. The Morgan fingerprint density at radius 2 is 2.00 bits per heavy atom. The summed E-state index contributed by atoms with van der Waals surface area (Å²) in [6.07, 6.45) is 3.81. The van der Waals surface area contributed by atoms with Crippen LogP contribution in [0, 0.1) is 0 Å². The van der Waals surface area contributed by atoms with Gasteiger partial charge in [-0.2, -0.15) is 0 Å². The average Bonchev–Trinajstić information content (AvgIpc) is 2.63. The second-order valence-electron chi connectivity index (χ2n) is 5.50. The zero-order valence-electron chi connectivity index (χ0n) is 13.1. The number of hydrogen-bond donors (Lipinski definition) is 0. The fourth-order valence-electron chi connectivity index (χ4n) is 2.69. The number of hydrogen-bond acceptors (Lipinski definition) is 4. The molecule has 1 aliphatic rings. The lowest BCUT2D eigenvalue weighted by Gasteiger charge is -2.33. The van der Waals surface area contributed by atoms with Gasteiger partial charge in [0.15, 0.2) is 0 Å². The number of benzene rings is 1. The quantitative estimate of drug-likeness (QED) is 0.869. The first kappa shape index (κ1) is 15.5. The van der Waals surface area contributed by atoms with Gasteiger partial charge in [0.25, 0.3) is 0 Å². The molecular formula is C18H20N2O3. The summed E-state index contributed by atoms with van der Waals surface area (Å²) in [5.41, 5.74) is 2.05. The van der Waals surface area contributed by atoms with E-state index in [1.807, 2.05) is 41.3 Å². The predicted molar refractivity (Wildman–Crippen MR) is 86.2 cm³/mol. The van der Waals surface area contributed by atoms with Crippen molar-refractivity contribution >= 4 is 5.91 Å². The molecule has 1 amide bonds. The van der Waals surface area contributed by atoms with Crippen LogP contribution in [-0.4, -0.2) is 42.6 Å². The first-order valence-electron chi connectivity index (χ1n) is 7.68. The summed E-state index contributed by atoms with van der Waals surface area (Å²) in [5.74, 6) is 0.919. The third kappa shape index (κ3) is 3.87. The topological polar surface area (TPSA) is 51.7 Å². The van der Waals surface area contributed by atoms with Crippen molar-refractivity contribution in [2.75, 3.05) is 26.8 Å². The molecule has 0 bridgehead atoms. The number of morpholine rings is 1. The third-order valence-corrected chi connectivity index (χ3v) is 4.01. The lowest BCUT2D eigenvalue weighted by atomic mass is 10.1. The van der Waals surface area contributed by atoms with E-state index in [2.05, 4.69) is 4.98 Å². The Balaban J connectivity index is 1.62. The van der Waals surface area contributed by atoms with Crippen LogP contribution >= 0.6 is 0 Å². The number of ether oxygens (including phenoxy) is 2. The number of methoxy groups -OCH3 is 1. The van der Waals surface area contributed by atoms with Gasteiger partial charge in [-0.05, 0) is 35.4 Å². The molecule has 1 aromatic heterocycles. The summed E-state index contributed by atoms with van der Waals surface area (Å²) >= 11 is 0. The molecule has 5 nitrogen and oxygen atoms in total. The number of rotatable bonds is 4. The summed E-state index contributed by atoms with van der Waals surface area (Å²) in [7, 11) is 1.63. The van der Waals surface area contributed by atoms with Crippen molar-refractivity contribution in [3.05, 3.63) is 59.9 Å². The van der Waals surface area contributed by atoms with Crippen molar-refractivity contribution in [3.8, 4) is 5.75 Å². The molecule has 3 rings (SSSR count). The molecule has 1 aliphatic heterocycles. The van der Waals surface area contributed by atoms with Crippen LogP contribution in [-0.2, 0) is 16.0 Å². The average molecular weight is 312 g/mol. The van der Waals surface area contributed by atoms with E-state index in [4.69, 9.17) is 9.47 Å². The largest absolute Gasteiger partial charge is 0.497 e. The van der Waals surface area contributed by atoms with Crippen molar-refractivity contribution in [1.82, 2.24) is 9.88 Å². The first-order chi connectivity index (χ1) is 11.3. The second kappa shape index (κ2) is 7.24. The van der Waals surface area contributed by atoms with Crippen molar-refractivity contribution < 1.29 is 14.3 Å². The minimum absolute atomic E-state index is 0.0773. The lowest BCUT2D eigenvalue weighted by Crippen LogP contribution is -2.42. The molecule has 5 heteroatoms. The maximum absolute atomic E-state index is 12.5. The molecule has 1 fully saturated rings. The van der Waals surface area contributed by atoms with Crippen molar-refractivity contribution in [2.45, 2.75) is 12.5 Å². The van der Waals surface area contributed by atoms with Crippen LogP contribution in [0.15, 0.2) is 48.8 Å². The highest BCUT2D eigenvalue weighted by Crippen LogP contribution is 2.22. The van der Waals surface area contributed by atoms with Gasteiger partial charge in [-0.15, -0.1) is 0 Å². The molecular weight excluding hydrogens is 292 g/mol. The number of amides is 1. The van der Waals surface area contributed by atoms with Crippen LogP contribution in [0.4, 0.5) is 0 Å². The van der Waals surface area contributed by atoms with E-state index in [0.29, 0.717) is 26.1 Å². The van der Waals surface area contributed by atoms with E-state index in [0.717, 1.165) is 16.9 Å². The SMILES string of the molecule is COc1ccc(CC(=O)N2CCOC(c3ccncc3)C2)cc1. The van der Waals surface area contributed by atoms with Crippen molar-refractivity contribution in [3.63, 3.8) is 0 Å². The van der Waals surface area contributed by atoms with E-state index in [9.17, 15) is 4.79 Å². The third-order valence-electron chi connectivity index (χ3n) is 4.01. The van der Waals surface area contributed by atoms with Crippen LogP contribution in [0.1, 0.15) is 17.2 Å². The standard InChI is InChI=1S/C18H20N2O3/c1-22-16-4-2-14(3-5-16)12-18(21)20-10-11-23-17(13-20)15-6-8-19-9-7-15/h2-9,17H,10-13H2,1H3. The van der Waals surface area contributed by atoms with Gasteiger partial charge in [0, 0.05) is 18.9 Å². The smallest absolute Gasteiger partial charge is 0.227 e. The van der Waals surface area contributed by atoms with Crippen LogP contribution in [0.25, 0.3) is 0 Å². The van der Waals surface area contributed by atoms with E-state index >= 15 is 0 Å². The molecule has 2 heterocycles. The van der Waals surface area contributed by atoms with E-state index in [1.165, 1.54) is 0 Å². The zero-order valence-corrected chi connectivity index (χ0v) is 13.1. The molecule has 0 radical (unpaired) electrons. The summed E-state index contributed by atoms with van der Waals surface area (Å²) in [6, 6.07) is 11.5. The minimum Gasteiger partial charge on any atom is -0.497 e. The van der Waals surface area contributed by atoms with Gasteiger partial charge < -0.3 is 14.4 Å². The lowest BCUT2D eigenvalue weighted by molar-refractivity contribution is -0.138. The van der Waals surface area contributed by atoms with E-state index < -0.39 is 0 Å². The monoisotopic (exact) mass is 312 g/mol. The fourth-order valence-corrected chi connectivity index (χ4v) is 2.69. The van der Waals surface area contributed by atoms with Crippen LogP contribution in [0.5, 0.6) is 5.75 Å². The highest BCUT2D eigenvalue weighted by Gasteiger charge is 2.25. The van der Waals surface area contributed by atoms with Gasteiger partial charge in [0.2, 0.25) is 5.91 Å². The molecule has 2 aromatic rings. The number of nitrogens with zero attached hydrogens (tertiary/aromatic N) is 2. The summed E-state index contributed by atoms with van der Waals surface area (Å²) < 4.78 is 10.9. The molecule has 120 valence electrons. The molecule has 0 saturated carbocycles. The van der Waals surface area contributed by atoms with Crippen LogP contribution in [0.3, 0.4) is 0 Å². The van der Waals surface area contributed by atoms with Gasteiger partial charge >= 0.3 is 0 Å². The van der Waals surface area contributed by atoms with Crippen molar-refractivity contribution in [1.29, 1.82) is 0 Å².